The first-order valence-electron chi connectivity index (χ1n) is 12.0. The van der Waals surface area contributed by atoms with Crippen molar-refractivity contribution in [1.29, 1.82) is 0 Å². The number of carbonyl (C=O) groups excluding carboxylic acids is 1. The lowest BCUT2D eigenvalue weighted by molar-refractivity contribution is -0.133. The number of aromatic nitrogens is 1. The zero-order valence-corrected chi connectivity index (χ0v) is 20.0. The molecule has 3 N–H and O–H groups in total. The van der Waals surface area contributed by atoms with Gasteiger partial charge in [0.1, 0.15) is 0 Å². The van der Waals surface area contributed by atoms with Crippen LogP contribution in [0.4, 0.5) is 0 Å². The molecule has 5 nitrogen and oxygen atoms in total. The zero-order valence-electron chi connectivity index (χ0n) is 20.0. The summed E-state index contributed by atoms with van der Waals surface area (Å²) in [7, 11) is 1.88. The summed E-state index contributed by atoms with van der Waals surface area (Å²) < 4.78 is 0. The molecule has 176 valence electrons. The summed E-state index contributed by atoms with van der Waals surface area (Å²) in [6, 6.07) is 28.4. The molecule has 4 aromatic rings. The van der Waals surface area contributed by atoms with Crippen molar-refractivity contribution in [1.82, 2.24) is 20.5 Å². The predicted octanol–water partition coefficient (Wildman–Crippen LogP) is 4.51. The normalized spacial score (nSPS) is 13.0. The van der Waals surface area contributed by atoms with Gasteiger partial charge in [-0.15, -0.1) is 0 Å². The third kappa shape index (κ3) is 6.34. The van der Waals surface area contributed by atoms with Crippen LogP contribution in [0.15, 0.2) is 91.1 Å². The summed E-state index contributed by atoms with van der Waals surface area (Å²) in [5, 5.41) is 8.36. The summed E-state index contributed by atoms with van der Waals surface area (Å²) in [5.74, 6) is 0.0954. The number of nitrogens with zero attached hydrogens (tertiary/aromatic N) is 1. The van der Waals surface area contributed by atoms with E-state index in [0.717, 1.165) is 24.1 Å². The van der Waals surface area contributed by atoms with Crippen LogP contribution >= 0.6 is 0 Å². The largest absolute Gasteiger partial charge is 0.361 e. The maximum absolute atomic E-state index is 13.4. The summed E-state index contributed by atoms with van der Waals surface area (Å²) in [5.41, 5.74) is 4.74. The average molecular weight is 455 g/mol. The maximum atomic E-state index is 13.4. The SMILES string of the molecule is CC(NCCc1c[nH]c2ccccc12)NC(Cc1ccccc1)C(=O)N(C)Cc1ccccc1. The fraction of sp³-hybridized carbons (Fsp3) is 0.276. The van der Waals surface area contributed by atoms with Crippen LogP contribution < -0.4 is 10.6 Å². The molecular weight excluding hydrogens is 420 g/mol. The van der Waals surface area contributed by atoms with Gasteiger partial charge in [-0.05, 0) is 42.5 Å². The number of likely N-dealkylation sites (N-methyl/N-ethyl adjacent to an activating group) is 1. The molecule has 0 bridgehead atoms. The van der Waals surface area contributed by atoms with Gasteiger partial charge in [-0.1, -0.05) is 78.9 Å². The Morgan fingerprint density at radius 1 is 0.912 bits per heavy atom. The van der Waals surface area contributed by atoms with Crippen molar-refractivity contribution in [3.05, 3.63) is 108 Å². The van der Waals surface area contributed by atoms with E-state index in [4.69, 9.17) is 0 Å². The van der Waals surface area contributed by atoms with Crippen molar-refractivity contribution in [3.8, 4) is 0 Å². The molecule has 0 fully saturated rings. The molecule has 0 radical (unpaired) electrons. The van der Waals surface area contributed by atoms with Crippen molar-refractivity contribution >= 4 is 16.8 Å². The molecule has 5 heteroatoms. The molecule has 1 amide bonds. The highest BCUT2D eigenvalue weighted by Crippen LogP contribution is 2.17. The molecule has 2 atom stereocenters. The smallest absolute Gasteiger partial charge is 0.240 e. The summed E-state index contributed by atoms with van der Waals surface area (Å²) >= 11 is 0. The van der Waals surface area contributed by atoms with Gasteiger partial charge >= 0.3 is 0 Å². The van der Waals surface area contributed by atoms with Crippen molar-refractivity contribution in [2.45, 2.75) is 38.5 Å². The Morgan fingerprint density at radius 2 is 1.56 bits per heavy atom. The molecular formula is C29H34N4O. The lowest BCUT2D eigenvalue weighted by Gasteiger charge is -2.28. The van der Waals surface area contributed by atoms with Crippen molar-refractivity contribution in [2.24, 2.45) is 0 Å². The lowest BCUT2D eigenvalue weighted by Crippen LogP contribution is -2.53. The van der Waals surface area contributed by atoms with Gasteiger partial charge in [-0.2, -0.15) is 0 Å². The number of rotatable bonds is 11. The fourth-order valence-corrected chi connectivity index (χ4v) is 4.39. The van der Waals surface area contributed by atoms with Crippen LogP contribution in [0.1, 0.15) is 23.6 Å². The van der Waals surface area contributed by atoms with Gasteiger partial charge in [-0.3, -0.25) is 10.1 Å². The Hall–Kier alpha value is -3.41. The lowest BCUT2D eigenvalue weighted by atomic mass is 10.0. The van der Waals surface area contributed by atoms with Crippen molar-refractivity contribution < 1.29 is 4.79 Å². The number of aromatic amines is 1. The Labute approximate surface area is 202 Å². The highest BCUT2D eigenvalue weighted by molar-refractivity contribution is 5.83. The Balaban J connectivity index is 1.37. The van der Waals surface area contributed by atoms with E-state index in [9.17, 15) is 4.79 Å². The standard InChI is InChI=1S/C29H34N4O/c1-22(30-18-17-25-20-31-27-16-10-9-15-26(25)27)32-28(19-23-11-5-3-6-12-23)29(34)33(2)21-24-13-7-4-8-14-24/h3-16,20,22,28,30-32H,17-19,21H2,1-2H3. The third-order valence-electron chi connectivity index (χ3n) is 6.19. The Kier molecular flexibility index (Phi) is 8.12. The number of benzene rings is 3. The number of H-pyrrole nitrogens is 1. The minimum atomic E-state index is -0.313. The first-order chi connectivity index (χ1) is 16.6. The number of hydrogen-bond donors (Lipinski definition) is 3. The van der Waals surface area contributed by atoms with E-state index in [1.807, 2.05) is 54.4 Å². The second-order valence-corrected chi connectivity index (χ2v) is 8.87. The van der Waals surface area contributed by atoms with Gasteiger partial charge in [0.15, 0.2) is 0 Å². The summed E-state index contributed by atoms with van der Waals surface area (Å²) in [6.45, 7) is 3.49. The molecule has 0 aliphatic carbocycles. The molecule has 1 heterocycles. The van der Waals surface area contributed by atoms with Gasteiger partial charge in [0.2, 0.25) is 5.91 Å². The van der Waals surface area contributed by atoms with E-state index in [0.29, 0.717) is 13.0 Å². The Bertz CT molecular complexity index is 1170. The van der Waals surface area contributed by atoms with Crippen LogP contribution in [0.5, 0.6) is 0 Å². The fourth-order valence-electron chi connectivity index (χ4n) is 4.39. The number of fused-ring (bicyclic) bond motifs is 1. The topological polar surface area (TPSA) is 60.2 Å². The summed E-state index contributed by atoms with van der Waals surface area (Å²) in [4.78, 5) is 18.6. The molecule has 0 aliphatic rings. The van der Waals surface area contributed by atoms with E-state index in [-0.39, 0.29) is 18.1 Å². The van der Waals surface area contributed by atoms with E-state index in [2.05, 4.69) is 71.2 Å². The highest BCUT2D eigenvalue weighted by Gasteiger charge is 2.24. The monoisotopic (exact) mass is 454 g/mol. The molecule has 0 aliphatic heterocycles. The molecule has 3 aromatic carbocycles. The molecule has 2 unspecified atom stereocenters. The van der Waals surface area contributed by atoms with E-state index in [1.165, 1.54) is 16.5 Å². The second-order valence-electron chi connectivity index (χ2n) is 8.87. The van der Waals surface area contributed by atoms with Crippen LogP contribution in [-0.4, -0.2) is 41.6 Å². The molecule has 0 saturated heterocycles. The number of para-hydroxylation sites is 1. The van der Waals surface area contributed by atoms with Crippen LogP contribution in [0, 0.1) is 0 Å². The van der Waals surface area contributed by atoms with Crippen molar-refractivity contribution in [2.75, 3.05) is 13.6 Å². The van der Waals surface area contributed by atoms with Gasteiger partial charge < -0.3 is 15.2 Å². The van der Waals surface area contributed by atoms with Crippen LogP contribution in [-0.2, 0) is 24.2 Å². The van der Waals surface area contributed by atoms with Gasteiger partial charge in [0.25, 0.3) is 0 Å². The molecule has 1 aromatic heterocycles. The molecule has 4 rings (SSSR count). The minimum Gasteiger partial charge on any atom is -0.361 e. The minimum absolute atomic E-state index is 0.00649. The number of hydrogen-bond acceptors (Lipinski definition) is 3. The predicted molar refractivity (Wildman–Crippen MR) is 139 cm³/mol. The number of carbonyl (C=O) groups is 1. The first kappa shape index (κ1) is 23.7. The van der Waals surface area contributed by atoms with Crippen LogP contribution in [0.3, 0.4) is 0 Å². The third-order valence-corrected chi connectivity index (χ3v) is 6.19. The summed E-state index contributed by atoms with van der Waals surface area (Å²) in [6.07, 6.45) is 3.65. The van der Waals surface area contributed by atoms with Gasteiger partial charge in [-0.25, -0.2) is 0 Å². The molecule has 0 saturated carbocycles. The van der Waals surface area contributed by atoms with E-state index in [1.54, 1.807) is 0 Å². The maximum Gasteiger partial charge on any atom is 0.240 e. The number of amides is 1. The van der Waals surface area contributed by atoms with E-state index >= 15 is 0 Å². The van der Waals surface area contributed by atoms with Gasteiger partial charge in [0.05, 0.1) is 12.2 Å². The first-order valence-corrected chi connectivity index (χ1v) is 12.0. The average Bonchev–Trinajstić information content (AvgIpc) is 3.27. The number of nitrogens with one attached hydrogen (secondary N) is 3. The molecule has 0 spiro atoms. The second kappa shape index (κ2) is 11.6. The van der Waals surface area contributed by atoms with Gasteiger partial charge in [0, 0.05) is 37.2 Å². The zero-order chi connectivity index (χ0) is 23.8. The quantitative estimate of drug-likeness (QED) is 0.292. The highest BCUT2D eigenvalue weighted by atomic mass is 16.2. The van der Waals surface area contributed by atoms with Crippen LogP contribution in [0.2, 0.25) is 0 Å². The van der Waals surface area contributed by atoms with Crippen LogP contribution in [0.25, 0.3) is 10.9 Å². The molecule has 34 heavy (non-hydrogen) atoms. The van der Waals surface area contributed by atoms with Crippen molar-refractivity contribution in [3.63, 3.8) is 0 Å². The van der Waals surface area contributed by atoms with E-state index < -0.39 is 0 Å². The Morgan fingerprint density at radius 3 is 2.29 bits per heavy atom.